The van der Waals surface area contributed by atoms with Crippen molar-refractivity contribution in [1.29, 1.82) is 0 Å². The predicted octanol–water partition coefficient (Wildman–Crippen LogP) is 2.59. The van der Waals surface area contributed by atoms with Crippen molar-refractivity contribution in [3.8, 4) is 0 Å². The first-order chi connectivity index (χ1) is 9.91. The maximum absolute atomic E-state index is 12.9. The van der Waals surface area contributed by atoms with E-state index in [-0.39, 0.29) is 6.54 Å². The predicted molar refractivity (Wildman–Crippen MR) is 73.5 cm³/mol. The van der Waals surface area contributed by atoms with Crippen LogP contribution < -0.4 is 10.9 Å². The van der Waals surface area contributed by atoms with Crippen molar-refractivity contribution in [2.75, 3.05) is 11.9 Å². The summed E-state index contributed by atoms with van der Waals surface area (Å²) in [6.07, 6.45) is -3.69. The van der Waals surface area contributed by atoms with Crippen molar-refractivity contribution < 1.29 is 13.2 Å². The van der Waals surface area contributed by atoms with Crippen LogP contribution in [0.5, 0.6) is 0 Å². The van der Waals surface area contributed by atoms with Crippen molar-refractivity contribution in [3.63, 3.8) is 0 Å². The zero-order valence-corrected chi connectivity index (χ0v) is 12.0. The van der Waals surface area contributed by atoms with Crippen LogP contribution in [0.2, 0.25) is 0 Å². The quantitative estimate of drug-likeness (QED) is 0.920. The van der Waals surface area contributed by atoms with E-state index in [1.807, 2.05) is 6.92 Å². The number of alkyl halides is 3. The minimum atomic E-state index is -4.59. The van der Waals surface area contributed by atoms with Crippen LogP contribution >= 0.6 is 11.3 Å². The number of rotatable bonds is 5. The summed E-state index contributed by atoms with van der Waals surface area (Å²) in [6.45, 7) is 2.43. The SMILES string of the molecule is CCCNc1nnc(Cn2c(C(F)(F)F)cccc2=O)s1. The van der Waals surface area contributed by atoms with Crippen LogP contribution in [0.4, 0.5) is 18.3 Å². The van der Waals surface area contributed by atoms with Crippen molar-refractivity contribution in [1.82, 2.24) is 14.8 Å². The Labute approximate surface area is 122 Å². The first-order valence-electron chi connectivity index (χ1n) is 6.25. The topological polar surface area (TPSA) is 59.8 Å². The van der Waals surface area contributed by atoms with Gasteiger partial charge in [0.05, 0.1) is 6.54 Å². The highest BCUT2D eigenvalue weighted by Gasteiger charge is 2.34. The summed E-state index contributed by atoms with van der Waals surface area (Å²) < 4.78 is 39.4. The maximum Gasteiger partial charge on any atom is 0.431 e. The van der Waals surface area contributed by atoms with Crippen molar-refractivity contribution in [2.24, 2.45) is 0 Å². The second kappa shape index (κ2) is 6.25. The molecule has 0 fully saturated rings. The molecule has 0 aliphatic carbocycles. The molecule has 0 unspecified atom stereocenters. The summed E-state index contributed by atoms with van der Waals surface area (Å²) in [6, 6.07) is 3.06. The molecule has 1 N–H and O–H groups in total. The Balaban J connectivity index is 2.27. The molecule has 21 heavy (non-hydrogen) atoms. The average Bonchev–Trinajstić information content (AvgIpc) is 2.85. The standard InChI is InChI=1S/C12H13F3N4OS/c1-2-6-16-11-18-17-9(21-11)7-19-8(12(13,14)15)4-3-5-10(19)20/h3-5H,2,6-7H2,1H3,(H,16,18). The van der Waals surface area contributed by atoms with Gasteiger partial charge in [0.15, 0.2) is 0 Å². The van der Waals surface area contributed by atoms with Crippen LogP contribution in [-0.4, -0.2) is 21.3 Å². The van der Waals surface area contributed by atoms with Crippen molar-refractivity contribution in [2.45, 2.75) is 26.1 Å². The monoisotopic (exact) mass is 318 g/mol. The van der Waals surface area contributed by atoms with Gasteiger partial charge in [-0.2, -0.15) is 13.2 Å². The van der Waals surface area contributed by atoms with Crippen LogP contribution in [0.1, 0.15) is 24.0 Å². The fraction of sp³-hybridized carbons (Fsp3) is 0.417. The molecule has 2 rings (SSSR count). The Bertz CT molecular complexity index is 665. The molecule has 0 bridgehead atoms. The van der Waals surface area contributed by atoms with Gasteiger partial charge in [0, 0.05) is 12.6 Å². The lowest BCUT2D eigenvalue weighted by atomic mass is 10.3. The van der Waals surface area contributed by atoms with Crippen LogP contribution in [0.25, 0.3) is 0 Å². The highest BCUT2D eigenvalue weighted by Crippen LogP contribution is 2.28. The Morgan fingerprint density at radius 1 is 1.33 bits per heavy atom. The van der Waals surface area contributed by atoms with Gasteiger partial charge < -0.3 is 5.32 Å². The van der Waals surface area contributed by atoms with Gasteiger partial charge in [0.2, 0.25) is 5.13 Å². The maximum atomic E-state index is 12.9. The third-order valence-corrected chi connectivity index (χ3v) is 3.49. The minimum absolute atomic E-state index is 0.250. The number of nitrogens with one attached hydrogen (secondary N) is 1. The number of nitrogens with zero attached hydrogens (tertiary/aromatic N) is 3. The molecular formula is C12H13F3N4OS. The van der Waals surface area contributed by atoms with E-state index in [0.29, 0.717) is 21.3 Å². The van der Waals surface area contributed by atoms with Crippen LogP contribution in [0.3, 0.4) is 0 Å². The molecule has 0 saturated heterocycles. The third kappa shape index (κ3) is 3.81. The van der Waals surface area contributed by atoms with E-state index in [2.05, 4.69) is 15.5 Å². The van der Waals surface area contributed by atoms with Crippen molar-refractivity contribution >= 4 is 16.5 Å². The highest BCUT2D eigenvalue weighted by atomic mass is 32.1. The molecule has 0 amide bonds. The van der Waals surface area contributed by atoms with Gasteiger partial charge in [0.25, 0.3) is 5.56 Å². The Morgan fingerprint density at radius 3 is 2.76 bits per heavy atom. The smallest absolute Gasteiger partial charge is 0.360 e. The molecule has 0 aliphatic rings. The van der Waals surface area contributed by atoms with E-state index in [0.717, 1.165) is 36.0 Å². The Hall–Kier alpha value is -1.90. The first-order valence-corrected chi connectivity index (χ1v) is 7.06. The minimum Gasteiger partial charge on any atom is -0.360 e. The van der Waals surface area contributed by atoms with E-state index >= 15 is 0 Å². The van der Waals surface area contributed by atoms with E-state index in [1.54, 1.807) is 0 Å². The fourth-order valence-corrected chi connectivity index (χ4v) is 2.44. The van der Waals surface area contributed by atoms with Gasteiger partial charge in [-0.1, -0.05) is 24.3 Å². The molecule has 5 nitrogen and oxygen atoms in total. The summed E-state index contributed by atoms with van der Waals surface area (Å²) in [5.41, 5.74) is -1.71. The summed E-state index contributed by atoms with van der Waals surface area (Å²) in [4.78, 5) is 11.7. The number of pyridine rings is 1. The number of aromatic nitrogens is 3. The third-order valence-electron chi connectivity index (χ3n) is 2.63. The Morgan fingerprint density at radius 2 is 2.10 bits per heavy atom. The van der Waals surface area contributed by atoms with Gasteiger partial charge >= 0.3 is 6.18 Å². The second-order valence-corrected chi connectivity index (χ2v) is 5.32. The molecule has 9 heteroatoms. The molecule has 0 radical (unpaired) electrons. The lowest BCUT2D eigenvalue weighted by Crippen LogP contribution is -2.27. The lowest BCUT2D eigenvalue weighted by Gasteiger charge is -2.13. The van der Waals surface area contributed by atoms with Gasteiger partial charge in [0.1, 0.15) is 10.7 Å². The summed E-state index contributed by atoms with van der Waals surface area (Å²) >= 11 is 1.14. The first kappa shape index (κ1) is 15.5. The molecule has 0 spiro atoms. The molecule has 0 aliphatic heterocycles. The van der Waals surface area contributed by atoms with E-state index in [9.17, 15) is 18.0 Å². The molecular weight excluding hydrogens is 305 g/mol. The number of hydrogen-bond donors (Lipinski definition) is 1. The molecule has 2 aromatic heterocycles. The molecule has 0 atom stereocenters. The summed E-state index contributed by atoms with van der Waals surface area (Å²) in [5.74, 6) is 0. The Kier molecular flexibility index (Phi) is 4.61. The van der Waals surface area contributed by atoms with Gasteiger partial charge in [-0.3, -0.25) is 9.36 Å². The van der Waals surface area contributed by atoms with Gasteiger partial charge in [-0.05, 0) is 12.5 Å². The lowest BCUT2D eigenvalue weighted by molar-refractivity contribution is -0.144. The zero-order chi connectivity index (χ0) is 15.5. The second-order valence-electron chi connectivity index (χ2n) is 4.26. The molecule has 114 valence electrons. The summed E-state index contributed by atoms with van der Waals surface area (Å²) in [5, 5.41) is 11.5. The van der Waals surface area contributed by atoms with Gasteiger partial charge in [-0.15, -0.1) is 10.2 Å². The highest BCUT2D eigenvalue weighted by molar-refractivity contribution is 7.15. The molecule has 0 saturated carbocycles. The molecule has 2 heterocycles. The number of anilines is 1. The number of hydrogen-bond acceptors (Lipinski definition) is 5. The zero-order valence-electron chi connectivity index (χ0n) is 11.1. The number of halogens is 3. The van der Waals surface area contributed by atoms with Crippen LogP contribution in [0, 0.1) is 0 Å². The van der Waals surface area contributed by atoms with E-state index in [1.165, 1.54) is 0 Å². The van der Waals surface area contributed by atoms with Crippen LogP contribution in [-0.2, 0) is 12.7 Å². The molecule has 2 aromatic rings. The summed E-state index contributed by atoms with van der Waals surface area (Å²) in [7, 11) is 0. The van der Waals surface area contributed by atoms with Gasteiger partial charge in [-0.25, -0.2) is 0 Å². The van der Waals surface area contributed by atoms with Crippen LogP contribution in [0.15, 0.2) is 23.0 Å². The van der Waals surface area contributed by atoms with Crippen molar-refractivity contribution in [3.05, 3.63) is 39.3 Å². The fourth-order valence-electron chi connectivity index (χ4n) is 1.69. The van der Waals surface area contributed by atoms with E-state index < -0.39 is 17.4 Å². The largest absolute Gasteiger partial charge is 0.431 e. The average molecular weight is 318 g/mol. The molecule has 0 aromatic carbocycles. The van der Waals surface area contributed by atoms with E-state index in [4.69, 9.17) is 0 Å². The normalized spacial score (nSPS) is 11.6.